The van der Waals surface area contributed by atoms with Crippen molar-refractivity contribution >= 4 is 29.1 Å². The van der Waals surface area contributed by atoms with Gasteiger partial charge in [0.1, 0.15) is 12.4 Å². The molecule has 2 rings (SSSR count). The number of β-amino-alcohol motifs (C(OH)–C–C–N with tert-alkyl or cyclic N) is 1. The van der Waals surface area contributed by atoms with Gasteiger partial charge in [0.15, 0.2) is 5.60 Å². The molecule has 1 fully saturated rings. The number of rotatable bonds is 5. The number of piperidine rings is 1. The Morgan fingerprint density at radius 1 is 1.48 bits per heavy atom. The Morgan fingerprint density at radius 3 is 2.95 bits per heavy atom. The first-order valence-electron chi connectivity index (χ1n) is 6.73. The van der Waals surface area contributed by atoms with Gasteiger partial charge < -0.3 is 15.6 Å². The first-order valence-corrected chi connectivity index (χ1v) is 7.49. The van der Waals surface area contributed by atoms with E-state index in [-0.39, 0.29) is 6.54 Å². The van der Waals surface area contributed by atoms with Crippen LogP contribution in [0.2, 0.25) is 10.0 Å². The first-order chi connectivity index (χ1) is 9.90. The fraction of sp³-hybridized carbons (Fsp3) is 0.500. The number of hydrogen-bond acceptors (Lipinski definition) is 4. The normalized spacial score (nSPS) is 23.0. The average Bonchev–Trinajstić information content (AvgIpc) is 2.43. The molecule has 3 N–H and O–H groups in total. The molecule has 1 aliphatic rings. The maximum Gasteiger partial charge on any atom is 0.250 e. The maximum absolute atomic E-state index is 11.3. The van der Waals surface area contributed by atoms with Crippen LogP contribution in [-0.2, 0) is 4.79 Å². The zero-order chi connectivity index (χ0) is 15.5. The van der Waals surface area contributed by atoms with Crippen molar-refractivity contribution < 1.29 is 14.6 Å². The number of primary amides is 1. The van der Waals surface area contributed by atoms with Crippen molar-refractivity contribution in [3.05, 3.63) is 28.2 Å². The van der Waals surface area contributed by atoms with E-state index >= 15 is 0 Å². The molecule has 0 spiro atoms. The Hall–Kier alpha value is -1.01. The molecule has 0 aliphatic carbocycles. The Bertz CT molecular complexity index is 527. The van der Waals surface area contributed by atoms with E-state index in [0.29, 0.717) is 35.4 Å². The van der Waals surface area contributed by atoms with Gasteiger partial charge in [0.2, 0.25) is 0 Å². The van der Waals surface area contributed by atoms with Crippen LogP contribution < -0.4 is 10.5 Å². The second-order valence-electron chi connectivity index (χ2n) is 5.20. The fourth-order valence-electron chi connectivity index (χ4n) is 2.39. The molecule has 1 unspecified atom stereocenters. The molecule has 0 saturated carbocycles. The van der Waals surface area contributed by atoms with Gasteiger partial charge in [-0.3, -0.25) is 9.69 Å². The van der Waals surface area contributed by atoms with Crippen molar-refractivity contribution in [2.75, 3.05) is 26.2 Å². The molecule has 1 amide bonds. The SMILES string of the molecule is NC(=O)C1(O)CCCN(CCOc2cc(Cl)ccc2Cl)C1. The van der Waals surface area contributed by atoms with Gasteiger partial charge in [-0.1, -0.05) is 23.2 Å². The minimum atomic E-state index is -1.44. The van der Waals surface area contributed by atoms with Gasteiger partial charge >= 0.3 is 0 Å². The molecular formula is C14H18Cl2N2O3. The number of nitrogens with zero attached hydrogens (tertiary/aromatic N) is 1. The predicted octanol–water partition coefficient (Wildman–Crippen LogP) is 1.68. The number of benzene rings is 1. The van der Waals surface area contributed by atoms with E-state index in [4.69, 9.17) is 33.7 Å². The summed E-state index contributed by atoms with van der Waals surface area (Å²) in [5.41, 5.74) is 3.80. The number of likely N-dealkylation sites (tertiary alicyclic amines) is 1. The van der Waals surface area contributed by atoms with Gasteiger partial charge in [-0.2, -0.15) is 0 Å². The predicted molar refractivity (Wildman–Crippen MR) is 81.8 cm³/mol. The van der Waals surface area contributed by atoms with E-state index in [1.165, 1.54) is 0 Å². The molecule has 5 nitrogen and oxygen atoms in total. The second-order valence-corrected chi connectivity index (χ2v) is 6.04. The van der Waals surface area contributed by atoms with Crippen LogP contribution in [0.4, 0.5) is 0 Å². The number of nitrogens with two attached hydrogens (primary N) is 1. The van der Waals surface area contributed by atoms with Gasteiger partial charge in [0, 0.05) is 24.2 Å². The molecule has 1 aromatic carbocycles. The lowest BCUT2D eigenvalue weighted by Gasteiger charge is -2.36. The van der Waals surface area contributed by atoms with Crippen molar-refractivity contribution in [3.8, 4) is 5.75 Å². The number of aliphatic hydroxyl groups is 1. The Morgan fingerprint density at radius 2 is 2.24 bits per heavy atom. The van der Waals surface area contributed by atoms with E-state index in [1.807, 2.05) is 4.90 Å². The summed E-state index contributed by atoms with van der Waals surface area (Å²) >= 11 is 11.9. The Labute approximate surface area is 133 Å². The highest BCUT2D eigenvalue weighted by Gasteiger charge is 2.38. The highest BCUT2D eigenvalue weighted by molar-refractivity contribution is 6.34. The highest BCUT2D eigenvalue weighted by Crippen LogP contribution is 2.27. The average molecular weight is 333 g/mol. The number of hydrogen-bond donors (Lipinski definition) is 2. The van der Waals surface area contributed by atoms with Gasteiger partial charge in [-0.05, 0) is 31.5 Å². The zero-order valence-electron chi connectivity index (χ0n) is 11.5. The Balaban J connectivity index is 1.86. The summed E-state index contributed by atoms with van der Waals surface area (Å²) in [5.74, 6) is -0.155. The maximum atomic E-state index is 11.3. The summed E-state index contributed by atoms with van der Waals surface area (Å²) in [6, 6.07) is 5.01. The molecule has 1 saturated heterocycles. The third-order valence-corrected chi connectivity index (χ3v) is 4.11. The van der Waals surface area contributed by atoms with Gasteiger partial charge in [0.05, 0.1) is 5.02 Å². The first kappa shape index (κ1) is 16.4. The van der Waals surface area contributed by atoms with Gasteiger partial charge in [-0.15, -0.1) is 0 Å². The third-order valence-electron chi connectivity index (χ3n) is 3.57. The minimum Gasteiger partial charge on any atom is -0.491 e. The van der Waals surface area contributed by atoms with Crippen LogP contribution in [0.15, 0.2) is 18.2 Å². The van der Waals surface area contributed by atoms with Crippen LogP contribution in [0, 0.1) is 0 Å². The number of carbonyl (C=O) groups is 1. The zero-order valence-corrected chi connectivity index (χ0v) is 13.0. The summed E-state index contributed by atoms with van der Waals surface area (Å²) in [5, 5.41) is 11.2. The van der Waals surface area contributed by atoms with E-state index in [0.717, 1.165) is 13.0 Å². The van der Waals surface area contributed by atoms with Crippen LogP contribution in [0.5, 0.6) is 5.75 Å². The molecule has 1 atom stereocenters. The van der Waals surface area contributed by atoms with Crippen LogP contribution >= 0.6 is 23.2 Å². The lowest BCUT2D eigenvalue weighted by Crippen LogP contribution is -2.56. The molecule has 7 heteroatoms. The summed E-state index contributed by atoms with van der Waals surface area (Å²) in [6.45, 7) is 1.98. The molecule has 1 aromatic rings. The molecule has 0 bridgehead atoms. The topological polar surface area (TPSA) is 75.8 Å². The summed E-state index contributed by atoms with van der Waals surface area (Å²) in [7, 11) is 0. The lowest BCUT2D eigenvalue weighted by atomic mass is 9.92. The van der Waals surface area contributed by atoms with Crippen molar-refractivity contribution in [2.24, 2.45) is 5.73 Å². The quantitative estimate of drug-likeness (QED) is 0.860. The van der Waals surface area contributed by atoms with Crippen molar-refractivity contribution in [1.29, 1.82) is 0 Å². The standard InChI is InChI=1S/C14H18Cl2N2O3/c15-10-2-3-11(16)12(8-10)21-7-6-18-5-1-4-14(20,9-18)13(17)19/h2-3,8,20H,1,4-7,9H2,(H2,17,19). The Kier molecular flexibility index (Phi) is 5.32. The van der Waals surface area contributed by atoms with E-state index < -0.39 is 11.5 Å². The second kappa shape index (κ2) is 6.83. The number of halogens is 2. The highest BCUT2D eigenvalue weighted by atomic mass is 35.5. The van der Waals surface area contributed by atoms with E-state index in [2.05, 4.69) is 0 Å². The van der Waals surface area contributed by atoms with Gasteiger partial charge in [0.25, 0.3) is 5.91 Å². The number of amides is 1. The summed E-state index contributed by atoms with van der Waals surface area (Å²) in [6.07, 6.45) is 1.12. The summed E-state index contributed by atoms with van der Waals surface area (Å²) < 4.78 is 5.59. The van der Waals surface area contributed by atoms with E-state index in [1.54, 1.807) is 18.2 Å². The number of carbonyl (C=O) groups excluding carboxylic acids is 1. The molecule has 0 aromatic heterocycles. The van der Waals surface area contributed by atoms with Crippen molar-refractivity contribution in [2.45, 2.75) is 18.4 Å². The third kappa shape index (κ3) is 4.23. The van der Waals surface area contributed by atoms with Crippen LogP contribution in [0.3, 0.4) is 0 Å². The van der Waals surface area contributed by atoms with Crippen LogP contribution in [0.25, 0.3) is 0 Å². The monoisotopic (exact) mass is 332 g/mol. The molecule has 116 valence electrons. The molecular weight excluding hydrogens is 315 g/mol. The number of ether oxygens (including phenoxy) is 1. The van der Waals surface area contributed by atoms with Crippen LogP contribution in [0.1, 0.15) is 12.8 Å². The van der Waals surface area contributed by atoms with E-state index in [9.17, 15) is 9.90 Å². The molecule has 1 heterocycles. The lowest BCUT2D eigenvalue weighted by molar-refractivity contribution is -0.142. The molecule has 1 aliphatic heterocycles. The van der Waals surface area contributed by atoms with Crippen molar-refractivity contribution in [3.63, 3.8) is 0 Å². The fourth-order valence-corrected chi connectivity index (χ4v) is 2.72. The molecule has 0 radical (unpaired) electrons. The van der Waals surface area contributed by atoms with Gasteiger partial charge in [-0.25, -0.2) is 0 Å². The van der Waals surface area contributed by atoms with Crippen molar-refractivity contribution in [1.82, 2.24) is 4.90 Å². The molecule has 21 heavy (non-hydrogen) atoms. The smallest absolute Gasteiger partial charge is 0.250 e. The van der Waals surface area contributed by atoms with Crippen LogP contribution in [-0.4, -0.2) is 47.8 Å². The minimum absolute atomic E-state index is 0.231. The summed E-state index contributed by atoms with van der Waals surface area (Å²) in [4.78, 5) is 13.2. The largest absolute Gasteiger partial charge is 0.491 e.